The average Bonchev–Trinajstić information content (AvgIpc) is 2.76. The predicted octanol–water partition coefficient (Wildman–Crippen LogP) is 5.11. The normalized spacial score (nSPS) is 10.7. The van der Waals surface area contributed by atoms with Crippen LogP contribution in [0, 0.1) is 6.92 Å². The van der Waals surface area contributed by atoms with Crippen molar-refractivity contribution >= 4 is 35.4 Å². The number of anilines is 5. The summed E-state index contributed by atoms with van der Waals surface area (Å²) in [6.45, 7) is 2.04. The number of aromatic nitrogens is 3. The summed E-state index contributed by atoms with van der Waals surface area (Å²) in [7, 11) is 0. The summed E-state index contributed by atoms with van der Waals surface area (Å²) >= 11 is 0. The van der Waals surface area contributed by atoms with E-state index >= 15 is 0 Å². The first kappa shape index (κ1) is 19.1. The maximum absolute atomic E-state index is 4.47. The molecular formula is C23H21N7. The minimum Gasteiger partial charge on any atom is -0.324 e. The molecule has 0 atom stereocenters. The Balaban J connectivity index is 1.58. The van der Waals surface area contributed by atoms with Gasteiger partial charge in [-0.2, -0.15) is 20.1 Å². The smallest absolute Gasteiger partial charge is 0.250 e. The van der Waals surface area contributed by atoms with Crippen molar-refractivity contribution in [1.29, 1.82) is 0 Å². The van der Waals surface area contributed by atoms with Crippen LogP contribution in [0.2, 0.25) is 0 Å². The van der Waals surface area contributed by atoms with Crippen molar-refractivity contribution in [1.82, 2.24) is 15.0 Å². The lowest BCUT2D eigenvalue weighted by molar-refractivity contribution is 1.04. The number of hydrogen-bond donors (Lipinski definition) is 3. The third-order valence-electron chi connectivity index (χ3n) is 4.25. The molecule has 4 rings (SSSR count). The van der Waals surface area contributed by atoms with Gasteiger partial charge in [0, 0.05) is 11.4 Å². The molecule has 30 heavy (non-hydrogen) atoms. The molecule has 0 aliphatic heterocycles. The summed E-state index contributed by atoms with van der Waals surface area (Å²) in [5.74, 6) is 1.14. The second-order valence-electron chi connectivity index (χ2n) is 6.51. The molecule has 0 bridgehead atoms. The number of nitrogens with one attached hydrogen (secondary N) is 3. The Hall–Kier alpha value is -4.26. The molecule has 7 nitrogen and oxygen atoms in total. The highest BCUT2D eigenvalue weighted by atomic mass is 15.4. The highest BCUT2D eigenvalue weighted by Gasteiger charge is 2.07. The summed E-state index contributed by atoms with van der Waals surface area (Å²) in [6.07, 6.45) is 1.74. The second kappa shape index (κ2) is 9.29. The lowest BCUT2D eigenvalue weighted by atomic mass is 10.1. The summed E-state index contributed by atoms with van der Waals surface area (Å²) in [6, 6.07) is 27.4. The molecule has 3 aromatic carbocycles. The van der Waals surface area contributed by atoms with Gasteiger partial charge in [-0.1, -0.05) is 60.7 Å². The molecule has 0 fully saturated rings. The van der Waals surface area contributed by atoms with Crippen molar-refractivity contribution in [2.75, 3.05) is 16.1 Å². The standard InChI is InChI=1S/C23H21N7/c1-17-10-8-9-11-18(17)16-24-30-23-28-21(25-19-12-4-2-5-13-19)27-22(29-23)26-20-14-6-3-7-15-20/h2-16H,1H3,(H3,25,26,27,28,29,30)/b24-16-. The lowest BCUT2D eigenvalue weighted by Crippen LogP contribution is -2.07. The number of para-hydroxylation sites is 2. The molecule has 7 heteroatoms. The summed E-state index contributed by atoms with van der Waals surface area (Å²) < 4.78 is 0. The topological polar surface area (TPSA) is 87.1 Å². The third-order valence-corrected chi connectivity index (χ3v) is 4.25. The Kier molecular flexibility index (Phi) is 5.91. The number of aryl methyl sites for hydroxylation is 1. The van der Waals surface area contributed by atoms with E-state index in [-0.39, 0.29) is 0 Å². The number of hydrogen-bond acceptors (Lipinski definition) is 7. The van der Waals surface area contributed by atoms with Gasteiger partial charge in [-0.15, -0.1) is 0 Å². The Bertz CT molecular complexity index is 1070. The highest BCUT2D eigenvalue weighted by Crippen LogP contribution is 2.18. The summed E-state index contributed by atoms with van der Waals surface area (Å²) in [5, 5.41) is 10.7. The van der Waals surface area contributed by atoms with Gasteiger partial charge in [0.05, 0.1) is 6.21 Å². The fourth-order valence-corrected chi connectivity index (χ4v) is 2.73. The van der Waals surface area contributed by atoms with Crippen molar-refractivity contribution in [3.63, 3.8) is 0 Å². The summed E-state index contributed by atoms with van der Waals surface area (Å²) in [4.78, 5) is 13.3. The van der Waals surface area contributed by atoms with Crippen LogP contribution in [0.5, 0.6) is 0 Å². The van der Waals surface area contributed by atoms with Crippen LogP contribution < -0.4 is 16.1 Å². The highest BCUT2D eigenvalue weighted by molar-refractivity contribution is 5.82. The molecule has 0 spiro atoms. The minimum absolute atomic E-state index is 0.326. The molecule has 0 saturated heterocycles. The van der Waals surface area contributed by atoms with E-state index in [1.54, 1.807) is 6.21 Å². The predicted molar refractivity (Wildman–Crippen MR) is 122 cm³/mol. The fourth-order valence-electron chi connectivity index (χ4n) is 2.73. The van der Waals surface area contributed by atoms with Crippen molar-refractivity contribution < 1.29 is 0 Å². The number of rotatable bonds is 7. The molecular weight excluding hydrogens is 374 g/mol. The molecule has 1 aromatic heterocycles. The van der Waals surface area contributed by atoms with E-state index in [2.05, 4.69) is 36.1 Å². The molecule has 0 radical (unpaired) electrons. The summed E-state index contributed by atoms with van der Waals surface area (Å²) in [5.41, 5.74) is 6.81. The van der Waals surface area contributed by atoms with Crippen LogP contribution in [0.1, 0.15) is 11.1 Å². The van der Waals surface area contributed by atoms with E-state index < -0.39 is 0 Å². The van der Waals surface area contributed by atoms with Gasteiger partial charge < -0.3 is 10.6 Å². The SMILES string of the molecule is Cc1ccccc1/C=N\Nc1nc(Nc2ccccc2)nc(Nc2ccccc2)n1. The van der Waals surface area contributed by atoms with E-state index in [9.17, 15) is 0 Å². The van der Waals surface area contributed by atoms with Crippen molar-refractivity contribution in [2.24, 2.45) is 5.10 Å². The fraction of sp³-hybridized carbons (Fsp3) is 0.0435. The van der Waals surface area contributed by atoms with Gasteiger partial charge in [-0.25, -0.2) is 5.43 Å². The Morgan fingerprint density at radius 2 is 1.13 bits per heavy atom. The Morgan fingerprint density at radius 1 is 0.633 bits per heavy atom. The van der Waals surface area contributed by atoms with E-state index in [1.165, 1.54) is 0 Å². The van der Waals surface area contributed by atoms with Crippen LogP contribution in [-0.2, 0) is 0 Å². The number of hydrazone groups is 1. The zero-order chi connectivity index (χ0) is 20.6. The first-order valence-electron chi connectivity index (χ1n) is 9.51. The molecule has 0 unspecified atom stereocenters. The second-order valence-corrected chi connectivity index (χ2v) is 6.51. The number of nitrogens with zero attached hydrogens (tertiary/aromatic N) is 4. The minimum atomic E-state index is 0.326. The number of benzene rings is 3. The van der Waals surface area contributed by atoms with Gasteiger partial charge in [0.25, 0.3) is 0 Å². The molecule has 0 aliphatic carbocycles. The van der Waals surface area contributed by atoms with Crippen LogP contribution in [0.25, 0.3) is 0 Å². The molecule has 0 amide bonds. The van der Waals surface area contributed by atoms with Crippen molar-refractivity contribution in [2.45, 2.75) is 6.92 Å². The van der Waals surface area contributed by atoms with Crippen LogP contribution in [0.15, 0.2) is 90.0 Å². The molecule has 1 heterocycles. The van der Waals surface area contributed by atoms with E-state index in [1.807, 2.05) is 91.9 Å². The van der Waals surface area contributed by atoms with Crippen LogP contribution in [-0.4, -0.2) is 21.2 Å². The maximum Gasteiger partial charge on any atom is 0.250 e. The van der Waals surface area contributed by atoms with Crippen LogP contribution in [0.3, 0.4) is 0 Å². The van der Waals surface area contributed by atoms with Gasteiger partial charge in [-0.05, 0) is 42.3 Å². The zero-order valence-electron chi connectivity index (χ0n) is 16.4. The van der Waals surface area contributed by atoms with Crippen LogP contribution >= 0.6 is 0 Å². The van der Waals surface area contributed by atoms with Crippen molar-refractivity contribution in [3.8, 4) is 0 Å². The van der Waals surface area contributed by atoms with E-state index in [4.69, 9.17) is 0 Å². The lowest BCUT2D eigenvalue weighted by Gasteiger charge is -2.10. The largest absolute Gasteiger partial charge is 0.324 e. The van der Waals surface area contributed by atoms with Gasteiger partial charge in [-0.3, -0.25) is 0 Å². The monoisotopic (exact) mass is 395 g/mol. The molecule has 0 aliphatic rings. The van der Waals surface area contributed by atoms with Crippen molar-refractivity contribution in [3.05, 3.63) is 96.1 Å². The Morgan fingerprint density at radius 3 is 1.70 bits per heavy atom. The van der Waals surface area contributed by atoms with E-state index in [0.717, 1.165) is 22.5 Å². The Labute approximate surface area is 175 Å². The average molecular weight is 395 g/mol. The maximum atomic E-state index is 4.47. The first-order valence-corrected chi connectivity index (χ1v) is 9.51. The zero-order valence-corrected chi connectivity index (χ0v) is 16.4. The van der Waals surface area contributed by atoms with Gasteiger partial charge >= 0.3 is 0 Å². The molecule has 148 valence electrons. The van der Waals surface area contributed by atoms with Crippen LogP contribution in [0.4, 0.5) is 29.2 Å². The van der Waals surface area contributed by atoms with E-state index in [0.29, 0.717) is 17.8 Å². The van der Waals surface area contributed by atoms with Gasteiger partial charge in [0.15, 0.2) is 0 Å². The first-order chi connectivity index (χ1) is 14.8. The molecule has 3 N–H and O–H groups in total. The van der Waals surface area contributed by atoms with Gasteiger partial charge in [0.1, 0.15) is 0 Å². The molecule has 4 aromatic rings. The third kappa shape index (κ3) is 5.17. The molecule has 0 saturated carbocycles. The quantitative estimate of drug-likeness (QED) is 0.298. The van der Waals surface area contributed by atoms with Gasteiger partial charge in [0.2, 0.25) is 17.8 Å².